The van der Waals surface area contributed by atoms with Crippen LogP contribution < -0.4 is 10.0 Å². The van der Waals surface area contributed by atoms with Gasteiger partial charge in [0.25, 0.3) is 5.91 Å². The summed E-state index contributed by atoms with van der Waals surface area (Å²) in [5.41, 5.74) is 1.58. The van der Waals surface area contributed by atoms with Gasteiger partial charge in [0.2, 0.25) is 10.0 Å². The third kappa shape index (κ3) is 4.45. The number of rotatable bonds is 6. The molecule has 0 spiro atoms. The van der Waals surface area contributed by atoms with E-state index in [-0.39, 0.29) is 5.75 Å². The SMILES string of the molecule is CCS(=O)(=O)Nc1ccc(NC(=O)[C@@H]2CC[C@H](C(=O)O)O2)cc1C. The van der Waals surface area contributed by atoms with Crippen LogP contribution in [0.1, 0.15) is 25.3 Å². The second kappa shape index (κ2) is 7.18. The summed E-state index contributed by atoms with van der Waals surface area (Å²) < 4.78 is 30.8. The first-order chi connectivity index (χ1) is 11.2. The highest BCUT2D eigenvalue weighted by Gasteiger charge is 2.34. The van der Waals surface area contributed by atoms with Gasteiger partial charge in [0.15, 0.2) is 6.10 Å². The van der Waals surface area contributed by atoms with E-state index in [4.69, 9.17) is 9.84 Å². The molecule has 132 valence electrons. The number of carbonyl (C=O) groups is 2. The van der Waals surface area contributed by atoms with E-state index in [1.54, 1.807) is 25.1 Å². The number of hydrogen-bond donors (Lipinski definition) is 3. The van der Waals surface area contributed by atoms with Crippen molar-refractivity contribution in [3.8, 4) is 0 Å². The minimum Gasteiger partial charge on any atom is -0.479 e. The van der Waals surface area contributed by atoms with Gasteiger partial charge in [-0.2, -0.15) is 0 Å². The maximum Gasteiger partial charge on any atom is 0.332 e. The standard InChI is InChI=1S/C15H20N2O6S/c1-3-24(21,22)17-11-5-4-10(8-9(11)2)16-14(18)12-6-7-13(23-12)15(19)20/h4-5,8,12-13,17H,3,6-7H2,1-2H3,(H,16,18)(H,19,20)/t12-,13+/m0/s1. The van der Waals surface area contributed by atoms with E-state index in [0.717, 1.165) is 0 Å². The summed E-state index contributed by atoms with van der Waals surface area (Å²) in [6, 6.07) is 4.77. The molecule has 1 aliphatic rings. The third-order valence-corrected chi connectivity index (χ3v) is 5.02. The van der Waals surface area contributed by atoms with Crippen LogP contribution in [0.5, 0.6) is 0 Å². The molecule has 24 heavy (non-hydrogen) atoms. The van der Waals surface area contributed by atoms with Gasteiger partial charge in [0, 0.05) is 5.69 Å². The highest BCUT2D eigenvalue weighted by atomic mass is 32.2. The monoisotopic (exact) mass is 356 g/mol. The van der Waals surface area contributed by atoms with Crippen LogP contribution in [-0.4, -0.2) is 43.4 Å². The Bertz CT molecular complexity index is 746. The lowest BCUT2D eigenvalue weighted by Gasteiger charge is -2.14. The maximum atomic E-state index is 12.1. The summed E-state index contributed by atoms with van der Waals surface area (Å²) in [5, 5.41) is 11.5. The van der Waals surface area contributed by atoms with E-state index in [1.807, 2.05) is 0 Å². The summed E-state index contributed by atoms with van der Waals surface area (Å²) in [6.45, 7) is 3.26. The molecule has 0 bridgehead atoms. The third-order valence-electron chi connectivity index (χ3n) is 3.73. The maximum absolute atomic E-state index is 12.1. The molecule has 1 aromatic carbocycles. The van der Waals surface area contributed by atoms with Crippen LogP contribution in [0.15, 0.2) is 18.2 Å². The van der Waals surface area contributed by atoms with E-state index >= 15 is 0 Å². The van der Waals surface area contributed by atoms with Crippen LogP contribution in [0.3, 0.4) is 0 Å². The Labute approximate surface area is 140 Å². The van der Waals surface area contributed by atoms with Gasteiger partial charge in [0.05, 0.1) is 11.4 Å². The highest BCUT2D eigenvalue weighted by Crippen LogP contribution is 2.24. The van der Waals surface area contributed by atoms with Crippen molar-refractivity contribution < 1.29 is 27.9 Å². The predicted octanol–water partition coefficient (Wildman–Crippen LogP) is 1.33. The predicted molar refractivity (Wildman–Crippen MR) is 88.4 cm³/mol. The smallest absolute Gasteiger partial charge is 0.332 e. The van der Waals surface area contributed by atoms with Crippen molar-refractivity contribution in [2.45, 2.75) is 38.9 Å². The summed E-state index contributed by atoms with van der Waals surface area (Å²) in [6.07, 6.45) is -1.11. The minimum atomic E-state index is -3.37. The van der Waals surface area contributed by atoms with Gasteiger partial charge in [-0.05, 0) is 50.5 Å². The van der Waals surface area contributed by atoms with Gasteiger partial charge in [-0.3, -0.25) is 9.52 Å². The lowest BCUT2D eigenvalue weighted by atomic mass is 10.1. The Hall–Kier alpha value is -2.13. The fourth-order valence-corrected chi connectivity index (χ4v) is 3.04. The van der Waals surface area contributed by atoms with Gasteiger partial charge in [0.1, 0.15) is 6.10 Å². The average molecular weight is 356 g/mol. The van der Waals surface area contributed by atoms with Crippen molar-refractivity contribution in [1.82, 2.24) is 0 Å². The first kappa shape index (κ1) is 18.2. The number of nitrogens with one attached hydrogen (secondary N) is 2. The number of aliphatic carboxylic acids is 1. The molecule has 0 aromatic heterocycles. The molecule has 9 heteroatoms. The van der Waals surface area contributed by atoms with Crippen LogP contribution >= 0.6 is 0 Å². The second-order valence-corrected chi connectivity index (χ2v) is 7.56. The molecule has 1 heterocycles. The van der Waals surface area contributed by atoms with Crippen molar-refractivity contribution in [3.05, 3.63) is 23.8 Å². The number of hydrogen-bond acceptors (Lipinski definition) is 5. The number of carbonyl (C=O) groups excluding carboxylic acids is 1. The molecule has 0 saturated carbocycles. The molecule has 1 fully saturated rings. The van der Waals surface area contributed by atoms with Crippen LogP contribution in [-0.2, 0) is 24.3 Å². The lowest BCUT2D eigenvalue weighted by molar-refractivity contribution is -0.150. The molecular weight excluding hydrogens is 336 g/mol. The second-order valence-electron chi connectivity index (χ2n) is 5.55. The number of carboxylic acid groups (broad SMARTS) is 1. The molecule has 3 N–H and O–H groups in total. The van der Waals surface area contributed by atoms with Gasteiger partial charge in [-0.1, -0.05) is 0 Å². The Morgan fingerprint density at radius 1 is 1.29 bits per heavy atom. The van der Waals surface area contributed by atoms with E-state index in [1.165, 1.54) is 6.92 Å². The number of sulfonamides is 1. The van der Waals surface area contributed by atoms with Gasteiger partial charge in [-0.25, -0.2) is 13.2 Å². The zero-order valence-corrected chi connectivity index (χ0v) is 14.2. The molecule has 2 rings (SSSR count). The van der Waals surface area contributed by atoms with Gasteiger partial charge >= 0.3 is 5.97 Å². The molecule has 8 nitrogen and oxygen atoms in total. The Morgan fingerprint density at radius 3 is 2.50 bits per heavy atom. The van der Waals surface area contributed by atoms with Crippen molar-refractivity contribution in [3.63, 3.8) is 0 Å². The van der Waals surface area contributed by atoms with Gasteiger partial charge in [-0.15, -0.1) is 0 Å². The fraction of sp³-hybridized carbons (Fsp3) is 0.467. The lowest BCUT2D eigenvalue weighted by Crippen LogP contribution is -2.30. The molecule has 1 saturated heterocycles. The normalized spacial score (nSPS) is 20.6. The summed E-state index contributed by atoms with van der Waals surface area (Å²) >= 11 is 0. The molecule has 0 unspecified atom stereocenters. The molecule has 0 aliphatic carbocycles. The molecule has 1 aromatic rings. The molecule has 2 atom stereocenters. The number of aryl methyl sites for hydroxylation is 1. The topological polar surface area (TPSA) is 122 Å². The number of carboxylic acids is 1. The largest absolute Gasteiger partial charge is 0.479 e. The van der Waals surface area contributed by atoms with E-state index in [2.05, 4.69) is 10.0 Å². The Kier molecular flexibility index (Phi) is 5.45. The highest BCUT2D eigenvalue weighted by molar-refractivity contribution is 7.92. The average Bonchev–Trinajstić information content (AvgIpc) is 3.00. The molecule has 1 aliphatic heterocycles. The van der Waals surface area contributed by atoms with Crippen LogP contribution in [0.2, 0.25) is 0 Å². The Morgan fingerprint density at radius 2 is 1.96 bits per heavy atom. The molecule has 0 radical (unpaired) electrons. The summed E-state index contributed by atoms with van der Waals surface area (Å²) in [5.74, 6) is -1.52. The summed E-state index contributed by atoms with van der Waals surface area (Å²) in [7, 11) is -3.37. The number of amides is 1. The fourth-order valence-electron chi connectivity index (χ4n) is 2.33. The van der Waals surface area contributed by atoms with Crippen LogP contribution in [0.4, 0.5) is 11.4 Å². The molecule has 1 amide bonds. The Balaban J connectivity index is 2.02. The van der Waals surface area contributed by atoms with Crippen molar-refractivity contribution in [2.24, 2.45) is 0 Å². The zero-order chi connectivity index (χ0) is 17.9. The van der Waals surface area contributed by atoms with Crippen molar-refractivity contribution >= 4 is 33.3 Å². The van der Waals surface area contributed by atoms with E-state index in [9.17, 15) is 18.0 Å². The number of anilines is 2. The quantitative estimate of drug-likeness (QED) is 0.707. The summed E-state index contributed by atoms with van der Waals surface area (Å²) in [4.78, 5) is 22.9. The first-order valence-electron chi connectivity index (χ1n) is 7.52. The molecular formula is C15H20N2O6S. The van der Waals surface area contributed by atoms with Crippen molar-refractivity contribution in [2.75, 3.05) is 15.8 Å². The van der Waals surface area contributed by atoms with Gasteiger partial charge < -0.3 is 15.2 Å². The van der Waals surface area contributed by atoms with E-state index < -0.39 is 34.1 Å². The number of ether oxygens (including phenoxy) is 1. The van der Waals surface area contributed by atoms with Crippen LogP contribution in [0.25, 0.3) is 0 Å². The first-order valence-corrected chi connectivity index (χ1v) is 9.17. The number of benzene rings is 1. The van der Waals surface area contributed by atoms with Crippen molar-refractivity contribution in [1.29, 1.82) is 0 Å². The van der Waals surface area contributed by atoms with Crippen LogP contribution in [0, 0.1) is 6.92 Å². The van der Waals surface area contributed by atoms with E-state index in [0.29, 0.717) is 29.8 Å². The minimum absolute atomic E-state index is 0.0330. The zero-order valence-electron chi connectivity index (χ0n) is 13.4.